The van der Waals surface area contributed by atoms with E-state index in [0.717, 1.165) is 50.6 Å². The van der Waals surface area contributed by atoms with Crippen molar-refractivity contribution in [3.05, 3.63) is 54.1 Å². The molecule has 1 fully saturated rings. The minimum atomic E-state index is -0.589. The number of phenols is 2. The Morgan fingerprint density at radius 2 is 1.48 bits per heavy atom. The van der Waals surface area contributed by atoms with Gasteiger partial charge in [-0.3, -0.25) is 4.90 Å². The maximum atomic E-state index is 10.5. The quantitative estimate of drug-likeness (QED) is 0.660. The molecule has 1 aliphatic heterocycles. The fourth-order valence-corrected chi connectivity index (χ4v) is 3.26. The molecule has 1 aliphatic rings. The summed E-state index contributed by atoms with van der Waals surface area (Å²) in [5.74, 6) is 0.443. The molecule has 2 aromatic rings. The SMILES string of the molecule is Oc1ccc(C(O)CCN(CCN2CCOCC2)c2ccc(O)cc2)cc1. The van der Waals surface area contributed by atoms with Gasteiger partial charge in [-0.05, 0) is 48.4 Å². The molecule has 0 aliphatic carbocycles. The second-order valence-corrected chi connectivity index (χ2v) is 6.85. The van der Waals surface area contributed by atoms with Crippen LogP contribution in [0, 0.1) is 0 Å². The highest BCUT2D eigenvalue weighted by atomic mass is 16.5. The van der Waals surface area contributed by atoms with Gasteiger partial charge in [-0.2, -0.15) is 0 Å². The third-order valence-corrected chi connectivity index (χ3v) is 4.96. The zero-order chi connectivity index (χ0) is 19.1. The Morgan fingerprint density at radius 3 is 2.11 bits per heavy atom. The molecule has 1 unspecified atom stereocenters. The first-order valence-corrected chi connectivity index (χ1v) is 9.43. The molecule has 1 atom stereocenters. The Morgan fingerprint density at radius 1 is 0.889 bits per heavy atom. The van der Waals surface area contributed by atoms with Gasteiger partial charge in [0, 0.05) is 38.4 Å². The fraction of sp³-hybridized carbons (Fsp3) is 0.429. The Kier molecular flexibility index (Phi) is 6.92. The van der Waals surface area contributed by atoms with Crippen LogP contribution >= 0.6 is 0 Å². The summed E-state index contributed by atoms with van der Waals surface area (Å²) in [6.45, 7) is 5.90. The smallest absolute Gasteiger partial charge is 0.115 e. The number of nitrogens with zero attached hydrogens (tertiary/aromatic N) is 2. The number of hydrogen-bond donors (Lipinski definition) is 3. The van der Waals surface area contributed by atoms with Crippen molar-refractivity contribution in [3.8, 4) is 11.5 Å². The first kappa shape index (κ1) is 19.5. The van der Waals surface area contributed by atoms with Gasteiger partial charge in [0.15, 0.2) is 0 Å². The Bertz CT molecular complexity index is 684. The van der Waals surface area contributed by atoms with Crippen LogP contribution in [0.4, 0.5) is 5.69 Å². The highest BCUT2D eigenvalue weighted by Crippen LogP contribution is 2.23. The van der Waals surface area contributed by atoms with Gasteiger partial charge in [-0.25, -0.2) is 0 Å². The molecule has 27 heavy (non-hydrogen) atoms. The lowest BCUT2D eigenvalue weighted by Crippen LogP contribution is -2.42. The summed E-state index contributed by atoms with van der Waals surface area (Å²) in [4.78, 5) is 4.62. The summed E-state index contributed by atoms with van der Waals surface area (Å²) >= 11 is 0. The second kappa shape index (κ2) is 9.60. The third kappa shape index (κ3) is 5.85. The molecule has 0 saturated carbocycles. The van der Waals surface area contributed by atoms with E-state index >= 15 is 0 Å². The van der Waals surface area contributed by atoms with Crippen molar-refractivity contribution in [2.24, 2.45) is 0 Å². The molecule has 1 saturated heterocycles. The Hall–Kier alpha value is -2.28. The van der Waals surface area contributed by atoms with Crippen molar-refractivity contribution in [2.75, 3.05) is 50.8 Å². The van der Waals surface area contributed by atoms with E-state index in [2.05, 4.69) is 9.80 Å². The summed E-state index contributed by atoms with van der Waals surface area (Å²) in [6.07, 6.45) is -0.0111. The summed E-state index contributed by atoms with van der Waals surface area (Å²) in [6, 6.07) is 13.9. The van der Waals surface area contributed by atoms with Crippen molar-refractivity contribution in [2.45, 2.75) is 12.5 Å². The summed E-state index contributed by atoms with van der Waals surface area (Å²) in [5.41, 5.74) is 1.82. The largest absolute Gasteiger partial charge is 0.508 e. The van der Waals surface area contributed by atoms with E-state index in [4.69, 9.17) is 4.74 Å². The number of anilines is 1. The molecule has 0 amide bonds. The normalized spacial score (nSPS) is 16.2. The number of morpholine rings is 1. The topological polar surface area (TPSA) is 76.4 Å². The standard InChI is InChI=1S/C21H28N2O4/c24-19-5-1-17(2-6-19)21(26)9-10-23(18-3-7-20(25)8-4-18)12-11-22-13-15-27-16-14-22/h1-8,21,24-26H,9-16H2. The first-order valence-electron chi connectivity index (χ1n) is 9.43. The molecular weight excluding hydrogens is 344 g/mol. The van der Waals surface area contributed by atoms with E-state index in [0.29, 0.717) is 13.0 Å². The Labute approximate surface area is 160 Å². The van der Waals surface area contributed by atoms with Crippen LogP contribution in [0.25, 0.3) is 0 Å². The molecular formula is C21H28N2O4. The van der Waals surface area contributed by atoms with E-state index < -0.39 is 6.10 Å². The van der Waals surface area contributed by atoms with Gasteiger partial charge >= 0.3 is 0 Å². The molecule has 0 bridgehead atoms. The van der Waals surface area contributed by atoms with Gasteiger partial charge in [-0.15, -0.1) is 0 Å². The number of rotatable bonds is 8. The average Bonchev–Trinajstić information content (AvgIpc) is 2.70. The zero-order valence-electron chi connectivity index (χ0n) is 15.5. The van der Waals surface area contributed by atoms with Crippen molar-refractivity contribution >= 4 is 5.69 Å². The average molecular weight is 372 g/mol. The molecule has 0 aromatic heterocycles. The predicted octanol–water partition coefficient (Wildman–Crippen LogP) is 2.36. The predicted molar refractivity (Wildman–Crippen MR) is 105 cm³/mol. The van der Waals surface area contributed by atoms with Crippen LogP contribution in [0.1, 0.15) is 18.1 Å². The summed E-state index contributed by atoms with van der Waals surface area (Å²) in [5, 5.41) is 29.5. The number of benzene rings is 2. The van der Waals surface area contributed by atoms with Crippen LogP contribution in [-0.4, -0.2) is 66.2 Å². The van der Waals surface area contributed by atoms with Gasteiger partial charge in [-0.1, -0.05) is 12.1 Å². The fourth-order valence-electron chi connectivity index (χ4n) is 3.26. The van der Waals surface area contributed by atoms with Gasteiger partial charge in [0.2, 0.25) is 0 Å². The van der Waals surface area contributed by atoms with E-state index in [1.807, 2.05) is 12.1 Å². The second-order valence-electron chi connectivity index (χ2n) is 6.85. The van der Waals surface area contributed by atoms with Crippen molar-refractivity contribution in [1.29, 1.82) is 0 Å². The number of phenolic OH excluding ortho intramolecular Hbond substituents is 2. The molecule has 0 radical (unpaired) electrons. The number of aliphatic hydroxyl groups is 1. The van der Waals surface area contributed by atoms with Crippen molar-refractivity contribution in [3.63, 3.8) is 0 Å². The minimum absolute atomic E-state index is 0.196. The Balaban J connectivity index is 1.61. The maximum absolute atomic E-state index is 10.5. The van der Waals surface area contributed by atoms with Crippen LogP contribution in [0.3, 0.4) is 0 Å². The van der Waals surface area contributed by atoms with Crippen LogP contribution in [-0.2, 0) is 4.74 Å². The molecule has 0 spiro atoms. The lowest BCUT2D eigenvalue weighted by atomic mass is 10.1. The van der Waals surface area contributed by atoms with Gasteiger partial charge in [0.1, 0.15) is 11.5 Å². The molecule has 6 heteroatoms. The van der Waals surface area contributed by atoms with E-state index in [1.165, 1.54) is 0 Å². The molecule has 3 rings (SSSR count). The van der Waals surface area contributed by atoms with Gasteiger partial charge < -0.3 is 25.0 Å². The highest BCUT2D eigenvalue weighted by molar-refractivity contribution is 5.48. The molecule has 1 heterocycles. The minimum Gasteiger partial charge on any atom is -0.508 e. The number of hydrogen-bond acceptors (Lipinski definition) is 6. The maximum Gasteiger partial charge on any atom is 0.115 e. The molecule has 6 nitrogen and oxygen atoms in total. The number of ether oxygens (including phenoxy) is 1. The molecule has 146 valence electrons. The van der Waals surface area contributed by atoms with E-state index in [1.54, 1.807) is 36.4 Å². The molecule has 2 aromatic carbocycles. The zero-order valence-corrected chi connectivity index (χ0v) is 15.5. The summed E-state index contributed by atoms with van der Waals surface area (Å²) in [7, 11) is 0. The number of aliphatic hydroxyl groups excluding tert-OH is 1. The van der Waals surface area contributed by atoms with Gasteiger partial charge in [0.25, 0.3) is 0 Å². The van der Waals surface area contributed by atoms with Crippen LogP contribution in [0.2, 0.25) is 0 Å². The van der Waals surface area contributed by atoms with E-state index in [-0.39, 0.29) is 11.5 Å². The number of aromatic hydroxyl groups is 2. The first-order chi connectivity index (χ1) is 13.1. The van der Waals surface area contributed by atoms with E-state index in [9.17, 15) is 15.3 Å². The van der Waals surface area contributed by atoms with Crippen molar-refractivity contribution < 1.29 is 20.1 Å². The van der Waals surface area contributed by atoms with Crippen LogP contribution in [0.5, 0.6) is 11.5 Å². The summed E-state index contributed by atoms with van der Waals surface area (Å²) < 4.78 is 5.41. The lowest BCUT2D eigenvalue weighted by molar-refractivity contribution is 0.0391. The van der Waals surface area contributed by atoms with Crippen LogP contribution < -0.4 is 4.90 Å². The molecule has 3 N–H and O–H groups in total. The van der Waals surface area contributed by atoms with Crippen LogP contribution in [0.15, 0.2) is 48.5 Å². The third-order valence-electron chi connectivity index (χ3n) is 4.96. The lowest BCUT2D eigenvalue weighted by Gasteiger charge is -2.31. The monoisotopic (exact) mass is 372 g/mol. The highest BCUT2D eigenvalue weighted by Gasteiger charge is 2.15. The van der Waals surface area contributed by atoms with Gasteiger partial charge in [0.05, 0.1) is 19.3 Å². The van der Waals surface area contributed by atoms with Crippen molar-refractivity contribution in [1.82, 2.24) is 4.90 Å².